The number of hydrogen-bond acceptors (Lipinski definition) is 9. The molecule has 0 aromatic carbocycles. The minimum Gasteiger partial charge on any atom is -0.462 e. The summed E-state index contributed by atoms with van der Waals surface area (Å²) in [6, 6.07) is 0. The van der Waals surface area contributed by atoms with Crippen LogP contribution < -0.4 is 0 Å². The van der Waals surface area contributed by atoms with Crippen LogP contribution in [0, 0.1) is 0 Å². The molecule has 0 rings (SSSR count). The number of ether oxygens (including phenoxy) is 6. The van der Waals surface area contributed by atoms with Gasteiger partial charge >= 0.3 is 13.8 Å². The monoisotopic (exact) mass is 514 g/mol. The minimum absolute atomic E-state index is 0.0269. The van der Waals surface area contributed by atoms with Crippen LogP contribution in [0.1, 0.15) is 45.4 Å². The zero-order chi connectivity index (χ0) is 25.3. The van der Waals surface area contributed by atoms with Crippen molar-refractivity contribution in [1.29, 1.82) is 0 Å². The van der Waals surface area contributed by atoms with Gasteiger partial charge in [0.25, 0.3) is 0 Å². The zero-order valence-electron chi connectivity index (χ0n) is 20.5. The predicted octanol–water partition coefficient (Wildman–Crippen LogP) is 2.64. The summed E-state index contributed by atoms with van der Waals surface area (Å²) in [5.74, 6) is -0.366. The largest absolute Gasteiger partial charge is 0.469 e. The Kier molecular flexibility index (Phi) is 23.2. The molecule has 0 radical (unpaired) electrons. The molecule has 0 saturated heterocycles. The van der Waals surface area contributed by atoms with Crippen molar-refractivity contribution in [3.8, 4) is 0 Å². The van der Waals surface area contributed by atoms with Gasteiger partial charge in [-0.2, -0.15) is 0 Å². The number of carbonyl (C=O) groups excluding carboxylic acids is 1. The summed E-state index contributed by atoms with van der Waals surface area (Å²) in [5.41, 5.74) is 0.401. The molecule has 0 spiro atoms. The van der Waals surface area contributed by atoms with E-state index in [4.69, 9.17) is 38.2 Å². The fourth-order valence-corrected chi connectivity index (χ4v) is 2.72. The Balaban J connectivity index is 3.10. The quantitative estimate of drug-likeness (QED) is 0.0762. The highest BCUT2D eigenvalue weighted by molar-refractivity contribution is 7.46. The molecule has 0 aliphatic rings. The molecular weight excluding hydrogens is 471 g/mol. The van der Waals surface area contributed by atoms with Gasteiger partial charge in [-0.3, -0.25) is 4.52 Å². The Morgan fingerprint density at radius 1 is 0.618 bits per heavy atom. The fourth-order valence-electron chi connectivity index (χ4n) is 2.36. The van der Waals surface area contributed by atoms with E-state index in [-0.39, 0.29) is 12.6 Å². The van der Waals surface area contributed by atoms with Crippen LogP contribution in [0.4, 0.5) is 0 Å². The maximum absolute atomic E-state index is 11.2. The maximum atomic E-state index is 11.2. The first-order chi connectivity index (χ1) is 16.3. The van der Waals surface area contributed by atoms with Crippen molar-refractivity contribution in [3.05, 3.63) is 12.2 Å². The van der Waals surface area contributed by atoms with Crippen LogP contribution >= 0.6 is 7.82 Å². The highest BCUT2D eigenvalue weighted by atomic mass is 31.2. The van der Waals surface area contributed by atoms with Crippen LogP contribution in [0.25, 0.3) is 0 Å². The lowest BCUT2D eigenvalue weighted by molar-refractivity contribution is -0.139. The summed E-state index contributed by atoms with van der Waals surface area (Å²) in [5, 5.41) is 0. The van der Waals surface area contributed by atoms with E-state index >= 15 is 0 Å². The molecule has 0 aliphatic heterocycles. The van der Waals surface area contributed by atoms with Gasteiger partial charge in [0.1, 0.15) is 0 Å². The van der Waals surface area contributed by atoms with Crippen LogP contribution in [0.5, 0.6) is 0 Å². The van der Waals surface area contributed by atoms with Gasteiger partial charge in [0, 0.05) is 78.1 Å². The third kappa shape index (κ3) is 27.4. The summed E-state index contributed by atoms with van der Waals surface area (Å²) in [7, 11) is -4.38. The van der Waals surface area contributed by atoms with Gasteiger partial charge in [0.15, 0.2) is 0 Å². The average molecular weight is 515 g/mol. The van der Waals surface area contributed by atoms with Gasteiger partial charge in [-0.25, -0.2) is 9.36 Å². The first-order valence-electron chi connectivity index (χ1n) is 11.7. The lowest BCUT2D eigenvalue weighted by Crippen LogP contribution is -2.09. The third-order valence-electron chi connectivity index (χ3n) is 4.02. The number of phosphoric acid groups is 1. The molecule has 0 aliphatic carbocycles. The summed E-state index contributed by atoms with van der Waals surface area (Å²) >= 11 is 0. The van der Waals surface area contributed by atoms with Crippen LogP contribution in [0.3, 0.4) is 0 Å². The number of esters is 1. The third-order valence-corrected chi connectivity index (χ3v) is 4.54. The number of hydrogen-bond donors (Lipinski definition) is 2. The van der Waals surface area contributed by atoms with Crippen LogP contribution in [-0.4, -0.2) is 95.0 Å². The Morgan fingerprint density at radius 3 is 1.21 bits per heavy atom. The van der Waals surface area contributed by atoms with E-state index in [0.717, 1.165) is 25.7 Å². The van der Waals surface area contributed by atoms with Crippen molar-refractivity contribution in [3.63, 3.8) is 0 Å². The van der Waals surface area contributed by atoms with E-state index in [2.05, 4.69) is 11.1 Å². The number of carbonyl (C=O) groups is 1. The SMILES string of the molecule is C=C(C)C(=O)OCCCOCCCOCCCOCCCOCCCOCCCOP(=O)(O)O. The van der Waals surface area contributed by atoms with Gasteiger partial charge in [0.05, 0.1) is 13.2 Å². The molecule has 0 fully saturated rings. The number of rotatable bonds is 26. The molecule has 12 heteroatoms. The Bertz CT molecular complexity index is 539. The van der Waals surface area contributed by atoms with E-state index in [1.54, 1.807) is 6.92 Å². The van der Waals surface area contributed by atoms with Crippen molar-refractivity contribution >= 4 is 13.8 Å². The molecule has 34 heavy (non-hydrogen) atoms. The predicted molar refractivity (Wildman–Crippen MR) is 126 cm³/mol. The molecule has 0 aromatic heterocycles. The normalized spacial score (nSPS) is 11.6. The maximum Gasteiger partial charge on any atom is 0.469 e. The molecule has 2 N–H and O–H groups in total. The molecule has 0 aromatic rings. The van der Waals surface area contributed by atoms with Gasteiger partial charge < -0.3 is 38.2 Å². The zero-order valence-corrected chi connectivity index (χ0v) is 21.3. The highest BCUT2D eigenvalue weighted by Crippen LogP contribution is 2.35. The van der Waals surface area contributed by atoms with Crippen molar-refractivity contribution in [2.24, 2.45) is 0 Å². The Labute approximate surface area is 203 Å². The van der Waals surface area contributed by atoms with Crippen molar-refractivity contribution in [1.82, 2.24) is 0 Å². The fraction of sp³-hybridized carbons (Fsp3) is 0.864. The summed E-state index contributed by atoms with van der Waals surface area (Å²) in [4.78, 5) is 28.2. The lowest BCUT2D eigenvalue weighted by atomic mass is 10.4. The highest BCUT2D eigenvalue weighted by Gasteiger charge is 2.12. The van der Waals surface area contributed by atoms with E-state index < -0.39 is 7.82 Å². The molecule has 11 nitrogen and oxygen atoms in total. The molecule has 0 unspecified atom stereocenters. The molecular formula is C22H43O11P. The summed E-state index contributed by atoms with van der Waals surface area (Å²) in [6.07, 6.45) is 4.34. The molecule has 0 amide bonds. The second-order valence-corrected chi connectivity index (χ2v) is 8.66. The number of phosphoric ester groups is 1. The van der Waals surface area contributed by atoms with E-state index in [1.165, 1.54) is 0 Å². The van der Waals surface area contributed by atoms with E-state index in [1.807, 2.05) is 0 Å². The second kappa shape index (κ2) is 23.8. The summed E-state index contributed by atoms with van der Waals surface area (Å²) < 4.78 is 47.1. The Morgan fingerprint density at radius 2 is 0.912 bits per heavy atom. The first-order valence-corrected chi connectivity index (χ1v) is 13.3. The minimum atomic E-state index is -4.38. The van der Waals surface area contributed by atoms with Crippen molar-refractivity contribution in [2.45, 2.75) is 45.4 Å². The molecule has 202 valence electrons. The smallest absolute Gasteiger partial charge is 0.462 e. The van der Waals surface area contributed by atoms with E-state index in [9.17, 15) is 9.36 Å². The second-order valence-electron chi connectivity index (χ2n) is 7.42. The molecule has 0 bridgehead atoms. The van der Waals surface area contributed by atoms with Gasteiger partial charge in [-0.15, -0.1) is 0 Å². The summed E-state index contributed by atoms with van der Waals surface area (Å²) in [6.45, 7) is 11.4. The van der Waals surface area contributed by atoms with Crippen molar-refractivity contribution < 1.29 is 52.1 Å². The standard InChI is InChI=1S/C22H43O11P/c1-21(2)22(23)32-19-7-17-30-15-5-13-28-11-3-9-27-10-4-12-29-14-6-16-31-18-8-20-33-34(24,25)26/h1,3-20H2,2H3,(H2,24,25,26). The molecule has 0 atom stereocenters. The van der Waals surface area contributed by atoms with Gasteiger partial charge in [0.2, 0.25) is 0 Å². The van der Waals surface area contributed by atoms with Gasteiger partial charge in [-0.1, -0.05) is 6.58 Å². The first kappa shape index (κ1) is 33.1. The molecule has 0 saturated carbocycles. The van der Waals surface area contributed by atoms with E-state index in [0.29, 0.717) is 91.1 Å². The van der Waals surface area contributed by atoms with Crippen molar-refractivity contribution in [2.75, 3.05) is 79.3 Å². The topological polar surface area (TPSA) is 139 Å². The van der Waals surface area contributed by atoms with Gasteiger partial charge in [-0.05, 0) is 39.0 Å². The van der Waals surface area contributed by atoms with Crippen LogP contribution in [0.2, 0.25) is 0 Å². The lowest BCUT2D eigenvalue weighted by Gasteiger charge is -2.08. The molecule has 0 heterocycles. The Hall–Kier alpha value is -0.880. The average Bonchev–Trinajstić information content (AvgIpc) is 2.78. The van der Waals surface area contributed by atoms with Crippen LogP contribution in [-0.2, 0) is 42.3 Å². The van der Waals surface area contributed by atoms with Crippen LogP contribution in [0.15, 0.2) is 12.2 Å².